The van der Waals surface area contributed by atoms with Crippen molar-refractivity contribution in [3.05, 3.63) is 12.2 Å². The van der Waals surface area contributed by atoms with Gasteiger partial charge in [0.2, 0.25) is 0 Å². The fourth-order valence-electron chi connectivity index (χ4n) is 3.18. The van der Waals surface area contributed by atoms with E-state index < -0.39 is 51.7 Å². The molecule has 35 heavy (non-hydrogen) atoms. The molecule has 3 atom stereocenters. The molecule has 0 spiro atoms. The summed E-state index contributed by atoms with van der Waals surface area (Å²) in [7, 11) is -4.67. The zero-order valence-electron chi connectivity index (χ0n) is 21.1. The number of hydrogen-bond acceptors (Lipinski definition) is 8. The number of unbranched alkanes of at least 4 members (excludes halogenated alkanes) is 11. The van der Waals surface area contributed by atoms with E-state index in [2.05, 4.69) is 23.6 Å². The van der Waals surface area contributed by atoms with Crippen LogP contribution in [0.25, 0.3) is 0 Å². The lowest BCUT2D eigenvalue weighted by Crippen LogP contribution is -2.35. The lowest BCUT2D eigenvalue weighted by atomic mass is 10.1. The number of aliphatic hydroxyl groups excluding tert-OH is 1. The third-order valence-electron chi connectivity index (χ3n) is 5.29. The smallest absolute Gasteiger partial charge is 0.472 e. The molecule has 5 N–H and O–H groups in total. The number of allylic oxidation sites excluding steroid dienone is 2. The summed E-state index contributed by atoms with van der Waals surface area (Å²) in [5, 5.41) is 17.9. The third-order valence-corrected chi connectivity index (χ3v) is 6.33. The van der Waals surface area contributed by atoms with Crippen LogP contribution in [0.15, 0.2) is 12.2 Å². The minimum absolute atomic E-state index is 0.205. The van der Waals surface area contributed by atoms with E-state index in [1.165, 1.54) is 38.5 Å². The minimum Gasteiger partial charge on any atom is -0.480 e. The molecule has 0 aromatic carbocycles. The van der Waals surface area contributed by atoms with Crippen LogP contribution in [0.5, 0.6) is 0 Å². The second kappa shape index (κ2) is 21.9. The zero-order valence-corrected chi connectivity index (χ0v) is 22.0. The summed E-state index contributed by atoms with van der Waals surface area (Å²) in [4.78, 5) is 32.0. The molecule has 0 saturated heterocycles. The molecule has 0 saturated carbocycles. The highest BCUT2D eigenvalue weighted by Gasteiger charge is 2.29. The van der Waals surface area contributed by atoms with E-state index in [9.17, 15) is 24.2 Å². The predicted octanol–water partition coefficient (Wildman–Crippen LogP) is 4.47. The van der Waals surface area contributed by atoms with Gasteiger partial charge in [-0.2, -0.15) is 0 Å². The van der Waals surface area contributed by atoms with Crippen molar-refractivity contribution in [3.8, 4) is 0 Å². The largest absolute Gasteiger partial charge is 0.480 e. The van der Waals surface area contributed by atoms with Crippen molar-refractivity contribution in [2.75, 3.05) is 19.8 Å². The number of esters is 1. The molecule has 0 rings (SSSR count). The van der Waals surface area contributed by atoms with Crippen LogP contribution < -0.4 is 5.73 Å². The van der Waals surface area contributed by atoms with E-state index in [1.54, 1.807) is 0 Å². The van der Waals surface area contributed by atoms with Gasteiger partial charge in [0.25, 0.3) is 0 Å². The number of hydrogen-bond donors (Lipinski definition) is 4. The number of phosphoric ester groups is 1. The van der Waals surface area contributed by atoms with E-state index in [0.29, 0.717) is 6.42 Å². The normalized spacial score (nSPS) is 15.1. The van der Waals surface area contributed by atoms with Gasteiger partial charge in [-0.25, -0.2) is 4.57 Å². The molecule has 0 fully saturated rings. The van der Waals surface area contributed by atoms with Crippen LogP contribution in [0.2, 0.25) is 0 Å². The van der Waals surface area contributed by atoms with Gasteiger partial charge < -0.3 is 25.6 Å². The van der Waals surface area contributed by atoms with Gasteiger partial charge in [0, 0.05) is 6.42 Å². The summed E-state index contributed by atoms with van der Waals surface area (Å²) in [6.07, 6.45) is 18.5. The van der Waals surface area contributed by atoms with E-state index in [1.807, 2.05) is 0 Å². The van der Waals surface area contributed by atoms with E-state index >= 15 is 0 Å². The summed E-state index contributed by atoms with van der Waals surface area (Å²) in [6.45, 7) is 0.351. The first-order valence-corrected chi connectivity index (χ1v) is 14.3. The fraction of sp³-hybridized carbons (Fsp3) is 0.833. The van der Waals surface area contributed by atoms with E-state index in [-0.39, 0.29) is 6.42 Å². The van der Waals surface area contributed by atoms with Crippen LogP contribution in [0.4, 0.5) is 0 Å². The molecule has 0 aliphatic heterocycles. The third kappa shape index (κ3) is 21.7. The second-order valence-corrected chi connectivity index (χ2v) is 10.0. The van der Waals surface area contributed by atoms with Gasteiger partial charge in [0.05, 0.1) is 13.2 Å². The summed E-state index contributed by atoms with van der Waals surface area (Å²) < 4.78 is 26.0. The van der Waals surface area contributed by atoms with Gasteiger partial charge in [-0.05, 0) is 32.1 Å². The van der Waals surface area contributed by atoms with Crippen LogP contribution in [0.1, 0.15) is 96.8 Å². The molecule has 1 unspecified atom stereocenters. The number of rotatable bonds is 24. The Morgan fingerprint density at radius 1 is 0.914 bits per heavy atom. The number of nitrogens with two attached hydrogens (primary N) is 1. The maximum atomic E-state index is 11.8. The number of aliphatic carboxylic acids is 1. The zero-order chi connectivity index (χ0) is 26.4. The molecule has 0 aliphatic carbocycles. The SMILES string of the molecule is CCCCCCCC/C=C\CCCCCCCC(=O)OC[C@H](CO)OP(=O)(O)OC[C@H](N)C(=O)O. The molecule has 0 radical (unpaired) electrons. The molecule has 0 aromatic rings. The Morgan fingerprint density at radius 2 is 1.46 bits per heavy atom. The molecule has 0 aliphatic rings. The molecule has 0 aromatic heterocycles. The maximum absolute atomic E-state index is 11.8. The fourth-order valence-corrected chi connectivity index (χ4v) is 4.09. The number of ether oxygens (including phenoxy) is 1. The lowest BCUT2D eigenvalue weighted by Gasteiger charge is -2.19. The maximum Gasteiger partial charge on any atom is 0.472 e. The van der Waals surface area contributed by atoms with Crippen LogP contribution >= 0.6 is 7.82 Å². The Balaban J connectivity index is 3.76. The van der Waals surface area contributed by atoms with Gasteiger partial charge in [-0.1, -0.05) is 70.4 Å². The number of aliphatic hydroxyl groups is 1. The van der Waals surface area contributed by atoms with E-state index in [0.717, 1.165) is 38.5 Å². The highest BCUT2D eigenvalue weighted by molar-refractivity contribution is 7.47. The monoisotopic (exact) mass is 523 g/mol. The summed E-state index contributed by atoms with van der Waals surface area (Å²) in [5.41, 5.74) is 5.18. The van der Waals surface area contributed by atoms with Gasteiger partial charge in [-0.3, -0.25) is 18.6 Å². The van der Waals surface area contributed by atoms with Crippen LogP contribution in [0, 0.1) is 0 Å². The first kappa shape index (κ1) is 33.7. The lowest BCUT2D eigenvalue weighted by molar-refractivity contribution is -0.147. The number of phosphoric acid groups is 1. The molecular weight excluding hydrogens is 477 g/mol. The molecule has 0 bridgehead atoms. The Kier molecular flexibility index (Phi) is 21.1. The van der Waals surface area contributed by atoms with Crippen LogP contribution in [0.3, 0.4) is 0 Å². The highest BCUT2D eigenvalue weighted by Crippen LogP contribution is 2.44. The first-order valence-electron chi connectivity index (χ1n) is 12.8. The molecular formula is C24H46NO9P. The summed E-state index contributed by atoms with van der Waals surface area (Å²) in [6, 6.07) is -1.50. The van der Waals surface area contributed by atoms with Crippen molar-refractivity contribution in [2.24, 2.45) is 5.73 Å². The molecule has 0 heterocycles. The molecule has 0 amide bonds. The van der Waals surface area contributed by atoms with Gasteiger partial charge >= 0.3 is 19.8 Å². The minimum atomic E-state index is -4.67. The molecule has 206 valence electrons. The van der Waals surface area contributed by atoms with Crippen molar-refractivity contribution in [3.63, 3.8) is 0 Å². The van der Waals surface area contributed by atoms with Crippen molar-refractivity contribution in [2.45, 2.75) is 109 Å². The van der Waals surface area contributed by atoms with Crippen molar-refractivity contribution in [1.82, 2.24) is 0 Å². The number of carbonyl (C=O) groups is 2. The number of carboxylic acids is 1. The van der Waals surface area contributed by atoms with Gasteiger partial charge in [-0.15, -0.1) is 0 Å². The van der Waals surface area contributed by atoms with Crippen LogP contribution in [-0.4, -0.2) is 59.0 Å². The Bertz CT molecular complexity index is 630. The van der Waals surface area contributed by atoms with Gasteiger partial charge in [0.1, 0.15) is 18.8 Å². The summed E-state index contributed by atoms with van der Waals surface area (Å²) >= 11 is 0. The second-order valence-electron chi connectivity index (χ2n) is 8.64. The highest BCUT2D eigenvalue weighted by atomic mass is 31.2. The molecule has 10 nitrogen and oxygen atoms in total. The number of carbonyl (C=O) groups excluding carboxylic acids is 1. The topological polar surface area (TPSA) is 166 Å². The average Bonchev–Trinajstić information content (AvgIpc) is 2.82. The van der Waals surface area contributed by atoms with Crippen LogP contribution in [-0.2, 0) is 27.9 Å². The Labute approximate surface area is 209 Å². The van der Waals surface area contributed by atoms with Gasteiger partial charge in [0.15, 0.2) is 0 Å². The Hall–Kier alpha value is -1.29. The van der Waals surface area contributed by atoms with Crippen molar-refractivity contribution < 1.29 is 43.0 Å². The molecule has 11 heteroatoms. The summed E-state index contributed by atoms with van der Waals surface area (Å²) in [5.74, 6) is -1.90. The number of carboxylic acid groups (broad SMARTS) is 1. The predicted molar refractivity (Wildman–Crippen MR) is 134 cm³/mol. The Morgan fingerprint density at radius 3 is 2.00 bits per heavy atom. The van der Waals surface area contributed by atoms with E-state index in [4.69, 9.17) is 20.1 Å². The average molecular weight is 524 g/mol. The standard InChI is InChI=1S/C24H46NO9P/c1-2-3-4-5-6-7-8-9-10-11-12-13-14-15-16-17-23(27)32-19-21(18-26)34-35(30,31)33-20-22(25)24(28)29/h9-10,21-22,26H,2-8,11-20,25H2,1H3,(H,28,29)(H,30,31)/b10-9-/t21-,22-/m0/s1. The first-order chi connectivity index (χ1) is 16.7. The van der Waals surface area contributed by atoms with Crippen molar-refractivity contribution in [1.29, 1.82) is 0 Å². The van der Waals surface area contributed by atoms with Crippen molar-refractivity contribution >= 4 is 19.8 Å². The quantitative estimate of drug-likeness (QED) is 0.0613.